The van der Waals surface area contributed by atoms with Crippen LogP contribution in [0.1, 0.15) is 22.5 Å². The molecule has 6 nitrogen and oxygen atoms in total. The van der Waals surface area contributed by atoms with Gasteiger partial charge in [-0.2, -0.15) is 0 Å². The fourth-order valence-corrected chi connectivity index (χ4v) is 3.85. The van der Waals surface area contributed by atoms with Crippen LogP contribution in [0.5, 0.6) is 0 Å². The zero-order valence-corrected chi connectivity index (χ0v) is 14.6. The smallest absolute Gasteiger partial charge is 0.263 e. The fraction of sp³-hybridized carbons (Fsp3) is 0.333. The average Bonchev–Trinajstić information content (AvgIpc) is 3.35. The van der Waals surface area contributed by atoms with Gasteiger partial charge in [-0.1, -0.05) is 17.3 Å². The summed E-state index contributed by atoms with van der Waals surface area (Å²) in [7, 11) is 0. The van der Waals surface area contributed by atoms with Crippen molar-refractivity contribution in [3.05, 3.63) is 53.0 Å². The monoisotopic (exact) mass is 353 g/mol. The van der Waals surface area contributed by atoms with Gasteiger partial charge < -0.3 is 4.90 Å². The van der Waals surface area contributed by atoms with Crippen LogP contribution in [0.15, 0.2) is 48.1 Å². The Kier molecular flexibility index (Phi) is 4.56. The predicted molar refractivity (Wildman–Crippen MR) is 96.2 cm³/mol. The summed E-state index contributed by atoms with van der Waals surface area (Å²) in [5.41, 5.74) is 1.64. The fourth-order valence-electron chi connectivity index (χ4n) is 3.16. The van der Waals surface area contributed by atoms with Crippen molar-refractivity contribution in [1.29, 1.82) is 0 Å². The molecule has 3 aromatic rings. The third kappa shape index (κ3) is 3.61. The zero-order chi connectivity index (χ0) is 17.1. The molecule has 7 heteroatoms. The van der Waals surface area contributed by atoms with Crippen molar-refractivity contribution < 1.29 is 4.79 Å². The molecule has 1 amide bonds. The molecule has 4 heterocycles. The van der Waals surface area contributed by atoms with E-state index < -0.39 is 0 Å². The highest BCUT2D eigenvalue weighted by Gasteiger charge is 2.24. The molecule has 0 radical (unpaired) electrons. The second kappa shape index (κ2) is 7.14. The van der Waals surface area contributed by atoms with E-state index in [1.807, 2.05) is 51.5 Å². The van der Waals surface area contributed by atoms with Crippen LogP contribution in [0.2, 0.25) is 0 Å². The van der Waals surface area contributed by atoms with Crippen molar-refractivity contribution in [1.82, 2.24) is 24.9 Å². The van der Waals surface area contributed by atoms with E-state index in [4.69, 9.17) is 0 Å². The topological polar surface area (TPSA) is 63.9 Å². The molecular weight excluding hydrogens is 334 g/mol. The Labute approximate surface area is 150 Å². The summed E-state index contributed by atoms with van der Waals surface area (Å²) in [5.74, 6) is 0.678. The molecule has 0 N–H and O–H groups in total. The summed E-state index contributed by atoms with van der Waals surface area (Å²) in [5, 5.41) is 10.4. The summed E-state index contributed by atoms with van der Waals surface area (Å²) < 4.78 is 1.89. The number of thiophene rings is 1. The largest absolute Gasteiger partial charge is 0.338 e. The first kappa shape index (κ1) is 16.0. The number of hydrogen-bond donors (Lipinski definition) is 0. The molecule has 0 spiro atoms. The second-order valence-corrected chi connectivity index (χ2v) is 7.20. The number of amides is 1. The molecular formula is C18H19N5OS. The minimum absolute atomic E-state index is 0.159. The predicted octanol–water partition coefficient (Wildman–Crippen LogP) is 2.95. The molecule has 0 atom stereocenters. The van der Waals surface area contributed by atoms with Crippen molar-refractivity contribution in [2.24, 2.45) is 5.92 Å². The molecule has 1 aliphatic rings. The lowest BCUT2D eigenvalue weighted by atomic mass is 9.97. The SMILES string of the molecule is O=C(c1cccs1)N1CCC(Cn2cc(-c3ccccn3)nn2)CC1. The lowest BCUT2D eigenvalue weighted by Crippen LogP contribution is -2.39. The van der Waals surface area contributed by atoms with Crippen LogP contribution >= 0.6 is 11.3 Å². The lowest BCUT2D eigenvalue weighted by Gasteiger charge is -2.31. The third-order valence-electron chi connectivity index (χ3n) is 4.54. The molecule has 0 aromatic carbocycles. The van der Waals surface area contributed by atoms with Gasteiger partial charge in [-0.15, -0.1) is 16.4 Å². The van der Waals surface area contributed by atoms with Gasteiger partial charge in [0.05, 0.1) is 16.8 Å². The van der Waals surface area contributed by atoms with Crippen LogP contribution < -0.4 is 0 Å². The van der Waals surface area contributed by atoms with E-state index in [0.29, 0.717) is 5.92 Å². The third-order valence-corrected chi connectivity index (χ3v) is 5.40. The molecule has 3 aromatic heterocycles. The van der Waals surface area contributed by atoms with Gasteiger partial charge >= 0.3 is 0 Å². The zero-order valence-electron chi connectivity index (χ0n) is 13.8. The molecule has 128 valence electrons. The average molecular weight is 353 g/mol. The molecule has 1 fully saturated rings. The molecule has 0 bridgehead atoms. The van der Waals surface area contributed by atoms with Gasteiger partial charge in [0.15, 0.2) is 0 Å². The van der Waals surface area contributed by atoms with Gasteiger partial charge in [-0.3, -0.25) is 14.5 Å². The Morgan fingerprint density at radius 1 is 1.16 bits per heavy atom. The lowest BCUT2D eigenvalue weighted by molar-refractivity contribution is 0.0686. The highest BCUT2D eigenvalue weighted by molar-refractivity contribution is 7.12. The van der Waals surface area contributed by atoms with E-state index in [9.17, 15) is 4.79 Å². The minimum Gasteiger partial charge on any atom is -0.338 e. The molecule has 0 aliphatic carbocycles. The van der Waals surface area contributed by atoms with E-state index >= 15 is 0 Å². The molecule has 25 heavy (non-hydrogen) atoms. The second-order valence-electron chi connectivity index (χ2n) is 6.25. The van der Waals surface area contributed by atoms with Crippen molar-refractivity contribution in [3.63, 3.8) is 0 Å². The molecule has 1 aliphatic heterocycles. The maximum Gasteiger partial charge on any atom is 0.263 e. The number of aromatic nitrogens is 4. The molecule has 0 saturated carbocycles. The number of hydrogen-bond acceptors (Lipinski definition) is 5. The number of carbonyl (C=O) groups is 1. The Morgan fingerprint density at radius 2 is 2.04 bits per heavy atom. The van der Waals surface area contributed by atoms with E-state index in [1.165, 1.54) is 11.3 Å². The van der Waals surface area contributed by atoms with Crippen molar-refractivity contribution in [2.75, 3.05) is 13.1 Å². The van der Waals surface area contributed by atoms with Crippen LogP contribution in [0, 0.1) is 5.92 Å². The van der Waals surface area contributed by atoms with Crippen LogP contribution in [0.25, 0.3) is 11.4 Å². The maximum absolute atomic E-state index is 12.4. The molecule has 1 saturated heterocycles. The summed E-state index contributed by atoms with van der Waals surface area (Å²) in [6.07, 6.45) is 5.70. The number of piperidine rings is 1. The van der Waals surface area contributed by atoms with Gasteiger partial charge in [0, 0.05) is 25.8 Å². The first-order valence-corrected chi connectivity index (χ1v) is 9.32. The van der Waals surface area contributed by atoms with Crippen molar-refractivity contribution in [2.45, 2.75) is 19.4 Å². The highest BCUT2D eigenvalue weighted by Crippen LogP contribution is 2.22. The van der Waals surface area contributed by atoms with E-state index in [0.717, 1.165) is 48.7 Å². The number of nitrogens with zero attached hydrogens (tertiary/aromatic N) is 5. The van der Waals surface area contributed by atoms with Gasteiger partial charge in [0.2, 0.25) is 0 Å². The Morgan fingerprint density at radius 3 is 2.76 bits per heavy atom. The number of rotatable bonds is 4. The van der Waals surface area contributed by atoms with Crippen LogP contribution in [-0.2, 0) is 6.54 Å². The van der Waals surface area contributed by atoms with E-state index in [-0.39, 0.29) is 5.91 Å². The molecule has 4 rings (SSSR count). The van der Waals surface area contributed by atoms with Gasteiger partial charge in [0.25, 0.3) is 5.91 Å². The summed E-state index contributed by atoms with van der Waals surface area (Å²) >= 11 is 1.51. The van der Waals surface area contributed by atoms with Gasteiger partial charge in [0.1, 0.15) is 5.69 Å². The highest BCUT2D eigenvalue weighted by atomic mass is 32.1. The molecule has 0 unspecified atom stereocenters. The minimum atomic E-state index is 0.159. The van der Waals surface area contributed by atoms with Crippen molar-refractivity contribution in [3.8, 4) is 11.4 Å². The van der Waals surface area contributed by atoms with Crippen LogP contribution in [0.3, 0.4) is 0 Å². The summed E-state index contributed by atoms with van der Waals surface area (Å²) in [6.45, 7) is 2.45. The first-order valence-electron chi connectivity index (χ1n) is 8.44. The Hall–Kier alpha value is -2.54. The van der Waals surface area contributed by atoms with Gasteiger partial charge in [-0.05, 0) is 42.3 Å². The Bertz CT molecular complexity index is 822. The van der Waals surface area contributed by atoms with Gasteiger partial charge in [-0.25, -0.2) is 0 Å². The number of pyridine rings is 1. The standard InChI is InChI=1S/C18H19N5OS/c24-18(17-5-3-11-25-17)22-9-6-14(7-10-22)12-23-13-16(20-21-23)15-4-1-2-8-19-15/h1-5,8,11,13-14H,6-7,9-10,12H2. The summed E-state index contributed by atoms with van der Waals surface area (Å²) in [4.78, 5) is 19.5. The van der Waals surface area contributed by atoms with Crippen LogP contribution in [0.4, 0.5) is 0 Å². The maximum atomic E-state index is 12.4. The first-order chi connectivity index (χ1) is 12.3. The normalized spacial score (nSPS) is 15.4. The summed E-state index contributed by atoms with van der Waals surface area (Å²) in [6, 6.07) is 9.59. The van der Waals surface area contributed by atoms with Crippen LogP contribution in [-0.4, -0.2) is 43.9 Å². The number of carbonyl (C=O) groups excluding carboxylic acids is 1. The van der Waals surface area contributed by atoms with E-state index in [1.54, 1.807) is 6.20 Å². The number of likely N-dealkylation sites (tertiary alicyclic amines) is 1. The quantitative estimate of drug-likeness (QED) is 0.723. The Balaban J connectivity index is 1.33. The van der Waals surface area contributed by atoms with Crippen molar-refractivity contribution >= 4 is 17.2 Å². The van der Waals surface area contributed by atoms with E-state index in [2.05, 4.69) is 15.3 Å².